The maximum Gasteiger partial charge on any atom is 0.0716 e. The number of ether oxygens (including phenoxy) is 1. The van der Waals surface area contributed by atoms with Gasteiger partial charge in [0.1, 0.15) is 0 Å². The van der Waals surface area contributed by atoms with E-state index in [2.05, 4.69) is 29.2 Å². The van der Waals surface area contributed by atoms with Gasteiger partial charge in [-0.25, -0.2) is 0 Å². The molecule has 0 radical (unpaired) electrons. The number of nitrogens with zero attached hydrogens (tertiary/aromatic N) is 1. The highest BCUT2D eigenvalue weighted by Crippen LogP contribution is 2.42. The number of benzene rings is 1. The van der Waals surface area contributed by atoms with Crippen molar-refractivity contribution in [2.45, 2.75) is 50.8 Å². The van der Waals surface area contributed by atoms with Crippen molar-refractivity contribution in [2.24, 2.45) is 11.7 Å². The zero-order valence-corrected chi connectivity index (χ0v) is 13.1. The Bertz CT molecular complexity index is 458. The maximum absolute atomic E-state index is 6.15. The van der Waals surface area contributed by atoms with E-state index in [-0.39, 0.29) is 0 Å². The second-order valence-corrected chi connectivity index (χ2v) is 6.54. The molecule has 1 saturated heterocycles. The third-order valence-electron chi connectivity index (χ3n) is 5.04. The van der Waals surface area contributed by atoms with Crippen molar-refractivity contribution in [1.82, 2.24) is 4.90 Å². The fourth-order valence-electron chi connectivity index (χ4n) is 3.87. The second-order valence-electron chi connectivity index (χ2n) is 6.54. The van der Waals surface area contributed by atoms with Crippen LogP contribution in [0.2, 0.25) is 0 Å². The van der Waals surface area contributed by atoms with Crippen LogP contribution >= 0.6 is 0 Å². The molecule has 0 bridgehead atoms. The van der Waals surface area contributed by atoms with Gasteiger partial charge < -0.3 is 10.5 Å². The van der Waals surface area contributed by atoms with E-state index in [0.29, 0.717) is 18.6 Å². The first-order valence-corrected chi connectivity index (χ1v) is 8.37. The Morgan fingerprint density at radius 1 is 1.19 bits per heavy atom. The lowest BCUT2D eigenvalue weighted by Crippen LogP contribution is -2.37. The number of hydrogen-bond acceptors (Lipinski definition) is 3. The summed E-state index contributed by atoms with van der Waals surface area (Å²) in [6.07, 6.45) is 6.61. The highest BCUT2D eigenvalue weighted by atomic mass is 16.5. The Balaban J connectivity index is 1.96. The van der Waals surface area contributed by atoms with E-state index < -0.39 is 0 Å². The van der Waals surface area contributed by atoms with Gasteiger partial charge in [0.2, 0.25) is 0 Å². The van der Waals surface area contributed by atoms with E-state index in [1.54, 1.807) is 7.11 Å². The number of hydrogen-bond donors (Lipinski definition) is 1. The van der Waals surface area contributed by atoms with Gasteiger partial charge in [-0.2, -0.15) is 0 Å². The Kier molecular flexibility index (Phi) is 4.94. The molecule has 0 spiro atoms. The highest BCUT2D eigenvalue weighted by Gasteiger charge is 2.39. The van der Waals surface area contributed by atoms with Gasteiger partial charge in [-0.15, -0.1) is 0 Å². The minimum atomic E-state index is 0.483. The van der Waals surface area contributed by atoms with Crippen LogP contribution < -0.4 is 5.73 Å². The summed E-state index contributed by atoms with van der Waals surface area (Å²) >= 11 is 0. The van der Waals surface area contributed by atoms with Crippen molar-refractivity contribution in [2.75, 3.05) is 20.2 Å². The molecule has 2 fully saturated rings. The molecule has 0 aromatic heterocycles. The van der Waals surface area contributed by atoms with Gasteiger partial charge in [-0.05, 0) is 55.8 Å². The molecular formula is C18H28N2O. The zero-order chi connectivity index (χ0) is 14.7. The van der Waals surface area contributed by atoms with Gasteiger partial charge in [0, 0.05) is 19.2 Å². The summed E-state index contributed by atoms with van der Waals surface area (Å²) in [5.41, 5.74) is 8.93. The normalized spacial score (nSPS) is 27.5. The molecule has 1 aliphatic heterocycles. The molecule has 3 heteroatoms. The molecule has 2 aliphatic rings. The lowest BCUT2D eigenvalue weighted by atomic mass is 9.86. The van der Waals surface area contributed by atoms with Gasteiger partial charge in [0.15, 0.2) is 0 Å². The minimum absolute atomic E-state index is 0.483. The van der Waals surface area contributed by atoms with Gasteiger partial charge in [0.25, 0.3) is 0 Å². The fourth-order valence-corrected chi connectivity index (χ4v) is 3.87. The molecule has 1 heterocycles. The van der Waals surface area contributed by atoms with Gasteiger partial charge in [0.05, 0.1) is 6.61 Å². The molecule has 116 valence electrons. The zero-order valence-electron chi connectivity index (χ0n) is 13.1. The minimum Gasteiger partial charge on any atom is -0.380 e. The number of nitrogens with two attached hydrogens (primary N) is 1. The fraction of sp³-hybridized carbons (Fsp3) is 0.667. The predicted octanol–water partition coefficient (Wildman–Crippen LogP) is 3.10. The predicted molar refractivity (Wildman–Crippen MR) is 86.0 cm³/mol. The van der Waals surface area contributed by atoms with Gasteiger partial charge >= 0.3 is 0 Å². The first-order chi connectivity index (χ1) is 10.3. The van der Waals surface area contributed by atoms with Crippen LogP contribution in [0.5, 0.6) is 0 Å². The molecule has 21 heavy (non-hydrogen) atoms. The number of likely N-dealkylation sites (tertiary alicyclic amines) is 1. The first-order valence-electron chi connectivity index (χ1n) is 8.37. The largest absolute Gasteiger partial charge is 0.380 e. The summed E-state index contributed by atoms with van der Waals surface area (Å²) in [5.74, 6) is 0.575. The van der Waals surface area contributed by atoms with Crippen molar-refractivity contribution >= 4 is 0 Å². The van der Waals surface area contributed by atoms with E-state index in [0.717, 1.165) is 12.6 Å². The first kappa shape index (κ1) is 15.0. The quantitative estimate of drug-likeness (QED) is 0.905. The Hall–Kier alpha value is -0.900. The van der Waals surface area contributed by atoms with Crippen LogP contribution in [0.25, 0.3) is 0 Å². The van der Waals surface area contributed by atoms with Crippen LogP contribution in [0.15, 0.2) is 24.3 Å². The van der Waals surface area contributed by atoms with E-state index in [1.807, 2.05) is 0 Å². The molecule has 0 amide bonds. The molecule has 2 N–H and O–H groups in total. The summed E-state index contributed by atoms with van der Waals surface area (Å²) in [5, 5.41) is 0. The Labute approximate surface area is 128 Å². The molecule has 1 aromatic rings. The van der Waals surface area contributed by atoms with Crippen LogP contribution in [-0.4, -0.2) is 31.1 Å². The summed E-state index contributed by atoms with van der Waals surface area (Å²) in [7, 11) is 1.78. The number of rotatable bonds is 5. The standard InChI is InChI=1S/C18H28N2O/c1-21-13-15-7-2-3-8-17(15)18-14(12-19)6-4-5-11-20(18)16-9-10-16/h2-3,7-8,14,16,18H,4-6,9-13,19H2,1H3. The summed E-state index contributed by atoms with van der Waals surface area (Å²) in [4.78, 5) is 2.75. The monoisotopic (exact) mass is 288 g/mol. The average Bonchev–Trinajstić information content (AvgIpc) is 3.34. The molecule has 3 nitrogen and oxygen atoms in total. The lowest BCUT2D eigenvalue weighted by Gasteiger charge is -2.36. The Morgan fingerprint density at radius 3 is 2.71 bits per heavy atom. The van der Waals surface area contributed by atoms with E-state index in [1.165, 1.54) is 49.8 Å². The van der Waals surface area contributed by atoms with Crippen LogP contribution in [0.1, 0.15) is 49.3 Å². The van der Waals surface area contributed by atoms with Crippen molar-refractivity contribution < 1.29 is 4.74 Å². The molecular weight excluding hydrogens is 260 g/mol. The topological polar surface area (TPSA) is 38.5 Å². The molecule has 1 saturated carbocycles. The molecule has 1 aromatic carbocycles. The maximum atomic E-state index is 6.15. The van der Waals surface area contributed by atoms with Crippen molar-refractivity contribution in [3.63, 3.8) is 0 Å². The molecule has 2 unspecified atom stereocenters. The Morgan fingerprint density at radius 2 is 2.00 bits per heavy atom. The smallest absolute Gasteiger partial charge is 0.0716 e. The third-order valence-corrected chi connectivity index (χ3v) is 5.04. The van der Waals surface area contributed by atoms with E-state index in [4.69, 9.17) is 10.5 Å². The average molecular weight is 288 g/mol. The summed E-state index contributed by atoms with van der Waals surface area (Å²) < 4.78 is 5.42. The van der Waals surface area contributed by atoms with Crippen LogP contribution in [0, 0.1) is 5.92 Å². The lowest BCUT2D eigenvalue weighted by molar-refractivity contribution is 0.142. The van der Waals surface area contributed by atoms with Gasteiger partial charge in [-0.1, -0.05) is 30.7 Å². The molecule has 2 atom stereocenters. The van der Waals surface area contributed by atoms with Crippen molar-refractivity contribution in [3.05, 3.63) is 35.4 Å². The highest BCUT2D eigenvalue weighted by molar-refractivity contribution is 5.31. The van der Waals surface area contributed by atoms with Crippen LogP contribution in [0.4, 0.5) is 0 Å². The third kappa shape index (κ3) is 3.31. The van der Waals surface area contributed by atoms with Crippen molar-refractivity contribution in [3.8, 4) is 0 Å². The van der Waals surface area contributed by atoms with E-state index in [9.17, 15) is 0 Å². The molecule has 3 rings (SSSR count). The summed E-state index contributed by atoms with van der Waals surface area (Å²) in [6.45, 7) is 2.71. The number of methoxy groups -OCH3 is 1. The molecule has 1 aliphatic carbocycles. The summed E-state index contributed by atoms with van der Waals surface area (Å²) in [6, 6.07) is 10.1. The second kappa shape index (κ2) is 6.91. The van der Waals surface area contributed by atoms with Crippen LogP contribution in [-0.2, 0) is 11.3 Å². The SMILES string of the molecule is COCc1ccccc1C1C(CN)CCCCN1C1CC1. The van der Waals surface area contributed by atoms with Crippen molar-refractivity contribution in [1.29, 1.82) is 0 Å². The van der Waals surface area contributed by atoms with Crippen LogP contribution in [0.3, 0.4) is 0 Å². The van der Waals surface area contributed by atoms with E-state index >= 15 is 0 Å². The van der Waals surface area contributed by atoms with Gasteiger partial charge in [-0.3, -0.25) is 4.90 Å².